The molecule has 0 radical (unpaired) electrons. The summed E-state index contributed by atoms with van der Waals surface area (Å²) < 4.78 is 6.20. The van der Waals surface area contributed by atoms with Gasteiger partial charge in [0.05, 0.1) is 0 Å². The van der Waals surface area contributed by atoms with Crippen LogP contribution in [0.4, 0.5) is 0 Å². The molecule has 1 fully saturated rings. The van der Waals surface area contributed by atoms with Crippen LogP contribution in [0.25, 0.3) is 0 Å². The number of phenolic OH excluding ortho intramolecular Hbond substituents is 1. The van der Waals surface area contributed by atoms with Crippen molar-refractivity contribution in [2.24, 2.45) is 0 Å². The summed E-state index contributed by atoms with van der Waals surface area (Å²) in [6.07, 6.45) is -0.192. The molecule has 1 aliphatic rings. The number of nitrogens with zero attached hydrogens (tertiary/aromatic N) is 1. The molecule has 3 heteroatoms. The summed E-state index contributed by atoms with van der Waals surface area (Å²) >= 11 is 0. The van der Waals surface area contributed by atoms with Crippen molar-refractivity contribution in [3.05, 3.63) is 65.7 Å². The fraction of sp³-hybridized carbons (Fsp3) is 0.294. The second kappa shape index (κ2) is 5.27. The lowest BCUT2D eigenvalue weighted by Crippen LogP contribution is -2.27. The molecule has 1 heterocycles. The maximum atomic E-state index is 10.0. The number of hydrogen-bond acceptors (Lipinski definition) is 3. The van der Waals surface area contributed by atoms with Gasteiger partial charge in [-0.25, -0.2) is 0 Å². The lowest BCUT2D eigenvalue weighted by Gasteiger charge is -2.21. The van der Waals surface area contributed by atoms with Crippen LogP contribution in [0.1, 0.15) is 30.4 Å². The molecule has 0 aliphatic carbocycles. The highest BCUT2D eigenvalue weighted by Crippen LogP contribution is 2.43. The molecule has 0 spiro atoms. The van der Waals surface area contributed by atoms with Crippen LogP contribution >= 0.6 is 0 Å². The van der Waals surface area contributed by atoms with E-state index in [9.17, 15) is 5.11 Å². The van der Waals surface area contributed by atoms with Gasteiger partial charge in [-0.15, -0.1) is 0 Å². The van der Waals surface area contributed by atoms with Crippen molar-refractivity contribution in [1.29, 1.82) is 0 Å². The molecule has 2 aromatic carbocycles. The van der Waals surface area contributed by atoms with Gasteiger partial charge in [0.25, 0.3) is 0 Å². The Morgan fingerprint density at radius 2 is 1.65 bits per heavy atom. The highest BCUT2D eigenvalue weighted by atomic mass is 16.5. The van der Waals surface area contributed by atoms with E-state index in [1.54, 1.807) is 6.07 Å². The van der Waals surface area contributed by atoms with Crippen molar-refractivity contribution in [3.63, 3.8) is 0 Å². The summed E-state index contributed by atoms with van der Waals surface area (Å²) in [6, 6.07) is 17.8. The van der Waals surface area contributed by atoms with Crippen LogP contribution in [0.5, 0.6) is 5.75 Å². The Bertz CT molecular complexity index is 585. The number of para-hydroxylation sites is 1. The first kappa shape index (κ1) is 13.2. The maximum Gasteiger partial charge on any atom is 0.141 e. The fourth-order valence-electron chi connectivity index (χ4n) is 2.76. The molecule has 0 bridgehead atoms. The highest BCUT2D eigenvalue weighted by Gasteiger charge is 2.39. The molecule has 1 saturated heterocycles. The lowest BCUT2D eigenvalue weighted by molar-refractivity contribution is 0.00418. The number of rotatable bonds is 2. The topological polar surface area (TPSA) is 32.7 Å². The summed E-state index contributed by atoms with van der Waals surface area (Å²) in [7, 11) is 2.03. The third kappa shape index (κ3) is 2.19. The number of phenols is 1. The zero-order chi connectivity index (χ0) is 14.1. The van der Waals surface area contributed by atoms with Crippen molar-refractivity contribution in [3.8, 4) is 5.75 Å². The molecule has 3 nitrogen and oxygen atoms in total. The van der Waals surface area contributed by atoms with Gasteiger partial charge in [0, 0.05) is 11.6 Å². The minimum atomic E-state index is -0.212. The molecule has 1 N–H and O–H groups in total. The monoisotopic (exact) mass is 269 g/mol. The Balaban J connectivity index is 1.91. The van der Waals surface area contributed by atoms with Gasteiger partial charge in [-0.05, 0) is 25.6 Å². The van der Waals surface area contributed by atoms with Gasteiger partial charge in [0.2, 0.25) is 0 Å². The molecule has 0 aromatic heterocycles. The normalized spacial score (nSPS) is 26.8. The number of hydrogen-bond donors (Lipinski definition) is 1. The molecule has 0 saturated carbocycles. The van der Waals surface area contributed by atoms with Crippen LogP contribution in [-0.2, 0) is 4.74 Å². The standard InChI is InChI=1S/C17H19NO2/c1-12-16(13-8-4-3-5-9-13)20-17(18(12)2)14-10-6-7-11-15(14)19/h3-12,16-17,19H,1-2H3/t12-,16+,17-/m1/s1. The average molecular weight is 269 g/mol. The molecular weight excluding hydrogens is 250 g/mol. The van der Waals surface area contributed by atoms with Crippen molar-refractivity contribution >= 4 is 0 Å². The molecular formula is C17H19NO2. The predicted molar refractivity (Wildman–Crippen MR) is 78.3 cm³/mol. The minimum absolute atomic E-state index is 0.0193. The minimum Gasteiger partial charge on any atom is -0.508 e. The van der Waals surface area contributed by atoms with E-state index in [0.717, 1.165) is 5.56 Å². The third-order valence-corrected chi connectivity index (χ3v) is 4.06. The number of ether oxygens (including phenoxy) is 1. The number of benzene rings is 2. The largest absolute Gasteiger partial charge is 0.508 e. The lowest BCUT2D eigenvalue weighted by atomic mass is 10.0. The average Bonchev–Trinajstić information content (AvgIpc) is 2.77. The Hall–Kier alpha value is -1.84. The van der Waals surface area contributed by atoms with E-state index in [0.29, 0.717) is 0 Å². The van der Waals surface area contributed by atoms with E-state index in [4.69, 9.17) is 4.74 Å². The van der Waals surface area contributed by atoms with Crippen LogP contribution in [0.15, 0.2) is 54.6 Å². The van der Waals surface area contributed by atoms with E-state index < -0.39 is 0 Å². The molecule has 104 valence electrons. The summed E-state index contributed by atoms with van der Waals surface area (Å²) in [6.45, 7) is 2.15. The van der Waals surface area contributed by atoms with Gasteiger partial charge in [0.1, 0.15) is 18.1 Å². The van der Waals surface area contributed by atoms with Gasteiger partial charge in [-0.2, -0.15) is 0 Å². The first-order chi connectivity index (χ1) is 9.68. The van der Waals surface area contributed by atoms with Crippen molar-refractivity contribution in [2.45, 2.75) is 25.3 Å². The van der Waals surface area contributed by atoms with E-state index >= 15 is 0 Å². The summed E-state index contributed by atoms with van der Waals surface area (Å²) in [5.74, 6) is 0.283. The predicted octanol–water partition coefficient (Wildman–Crippen LogP) is 3.48. The Kier molecular flexibility index (Phi) is 3.47. The molecule has 3 rings (SSSR count). The zero-order valence-corrected chi connectivity index (χ0v) is 11.7. The van der Waals surface area contributed by atoms with Gasteiger partial charge < -0.3 is 9.84 Å². The van der Waals surface area contributed by atoms with E-state index in [1.165, 1.54) is 5.56 Å². The second-order valence-corrected chi connectivity index (χ2v) is 5.28. The first-order valence-electron chi connectivity index (χ1n) is 6.88. The zero-order valence-electron chi connectivity index (χ0n) is 11.7. The number of aromatic hydroxyl groups is 1. The van der Waals surface area contributed by atoms with Crippen LogP contribution in [0.3, 0.4) is 0 Å². The summed E-state index contributed by atoms with van der Waals surface area (Å²) in [4.78, 5) is 2.16. The van der Waals surface area contributed by atoms with Crippen LogP contribution in [0.2, 0.25) is 0 Å². The summed E-state index contributed by atoms with van der Waals surface area (Å²) in [5, 5.41) is 10.0. The van der Waals surface area contributed by atoms with Gasteiger partial charge in [0.15, 0.2) is 0 Å². The molecule has 3 atom stereocenters. The molecule has 20 heavy (non-hydrogen) atoms. The Labute approximate surface area is 119 Å². The highest BCUT2D eigenvalue weighted by molar-refractivity contribution is 5.34. The van der Waals surface area contributed by atoms with Gasteiger partial charge >= 0.3 is 0 Å². The molecule has 1 aliphatic heterocycles. The van der Waals surface area contributed by atoms with E-state index in [2.05, 4.69) is 24.0 Å². The van der Waals surface area contributed by atoms with Crippen LogP contribution in [-0.4, -0.2) is 23.1 Å². The molecule has 2 aromatic rings. The van der Waals surface area contributed by atoms with Gasteiger partial charge in [-0.1, -0.05) is 48.5 Å². The van der Waals surface area contributed by atoms with Crippen molar-refractivity contribution < 1.29 is 9.84 Å². The molecule has 0 unspecified atom stereocenters. The second-order valence-electron chi connectivity index (χ2n) is 5.28. The first-order valence-corrected chi connectivity index (χ1v) is 6.88. The Morgan fingerprint density at radius 1 is 1.00 bits per heavy atom. The Morgan fingerprint density at radius 3 is 2.35 bits per heavy atom. The van der Waals surface area contributed by atoms with Crippen molar-refractivity contribution in [1.82, 2.24) is 4.90 Å². The van der Waals surface area contributed by atoms with E-state index in [1.807, 2.05) is 43.4 Å². The number of likely N-dealkylation sites (N-methyl/N-ethyl adjacent to an activating group) is 1. The quantitative estimate of drug-likeness (QED) is 0.906. The van der Waals surface area contributed by atoms with E-state index in [-0.39, 0.29) is 24.1 Å². The maximum absolute atomic E-state index is 10.0. The SMILES string of the molecule is C[C@@H]1[C@@H](c2ccccc2)O[C@H](c2ccccc2O)N1C. The third-order valence-electron chi connectivity index (χ3n) is 4.06. The van der Waals surface area contributed by atoms with Crippen LogP contribution < -0.4 is 0 Å². The fourth-order valence-corrected chi connectivity index (χ4v) is 2.76. The molecule has 0 amide bonds. The smallest absolute Gasteiger partial charge is 0.141 e. The summed E-state index contributed by atoms with van der Waals surface area (Å²) in [5.41, 5.74) is 1.99. The van der Waals surface area contributed by atoms with Gasteiger partial charge in [-0.3, -0.25) is 4.90 Å². The van der Waals surface area contributed by atoms with Crippen LogP contribution in [0, 0.1) is 0 Å². The van der Waals surface area contributed by atoms with Crippen molar-refractivity contribution in [2.75, 3.05) is 7.05 Å².